The van der Waals surface area contributed by atoms with Crippen molar-refractivity contribution in [3.05, 3.63) is 23.3 Å². The van der Waals surface area contributed by atoms with E-state index in [0.29, 0.717) is 5.56 Å². The number of ether oxygens (including phenoxy) is 2. The molecule has 2 aliphatic heterocycles. The number of hydrogen-bond acceptors (Lipinski definition) is 4. The summed E-state index contributed by atoms with van der Waals surface area (Å²) in [6.07, 6.45) is -3.09. The molecule has 1 spiro atoms. The number of rotatable bonds is 1. The highest BCUT2D eigenvalue weighted by atomic mass is 16.5. The number of piperidine rings is 1. The summed E-state index contributed by atoms with van der Waals surface area (Å²) < 4.78 is 84.5. The summed E-state index contributed by atoms with van der Waals surface area (Å²) in [6.45, 7) is -2.82. The lowest BCUT2D eigenvalue weighted by Gasteiger charge is -2.57. The monoisotopic (exact) mass is 308 g/mol. The van der Waals surface area contributed by atoms with E-state index in [1.54, 1.807) is 0 Å². The van der Waals surface area contributed by atoms with E-state index < -0.39 is 43.8 Å². The Morgan fingerprint density at radius 1 is 1.59 bits per heavy atom. The van der Waals surface area contributed by atoms with Crippen LogP contribution in [0.1, 0.15) is 42.7 Å². The fraction of sp³-hybridized carbons (Fsp3) is 0.611. The van der Waals surface area contributed by atoms with E-state index in [-0.39, 0.29) is 48.7 Å². The van der Waals surface area contributed by atoms with Gasteiger partial charge in [0.15, 0.2) is 23.4 Å². The Labute approximate surface area is 143 Å². The number of likely N-dealkylation sites (N-methyl/N-ethyl adjacent to an activating group) is 1. The zero-order valence-corrected chi connectivity index (χ0v) is 11.8. The Hall–Kier alpha value is -1.55. The molecule has 2 heterocycles. The molecule has 1 aromatic rings. The summed E-state index contributed by atoms with van der Waals surface area (Å²) in [6, 6.07) is 0.449. The van der Waals surface area contributed by atoms with Crippen LogP contribution in [-0.2, 0) is 16.6 Å². The fourth-order valence-electron chi connectivity index (χ4n) is 4.78. The minimum absolute atomic E-state index is 0.0205. The number of nitrogens with zero attached hydrogens (tertiary/aromatic N) is 1. The molecule has 4 heteroatoms. The van der Waals surface area contributed by atoms with Crippen LogP contribution in [0.3, 0.4) is 0 Å². The largest absolute Gasteiger partial charge is 0.493 e. The maximum atomic E-state index is 12.9. The van der Waals surface area contributed by atoms with Crippen LogP contribution in [0.2, 0.25) is 0 Å². The Balaban J connectivity index is 1.83. The first-order valence-electron chi connectivity index (χ1n) is 12.0. The third-order valence-electron chi connectivity index (χ3n) is 5.63. The molecule has 0 aromatic heterocycles. The molecule has 1 saturated carbocycles. The van der Waals surface area contributed by atoms with Gasteiger partial charge in [0.25, 0.3) is 0 Å². The molecule has 2 fully saturated rings. The minimum atomic E-state index is -2.78. The van der Waals surface area contributed by atoms with E-state index >= 15 is 0 Å². The molecule has 1 unspecified atom stereocenters. The molecule has 2 aliphatic carbocycles. The van der Waals surface area contributed by atoms with Gasteiger partial charge in [0.2, 0.25) is 0 Å². The summed E-state index contributed by atoms with van der Waals surface area (Å²) in [4.78, 5) is 13.8. The number of carbonyl (C=O) groups is 1. The molecule has 1 aromatic carbocycles. The van der Waals surface area contributed by atoms with Gasteiger partial charge < -0.3 is 14.4 Å². The molecule has 116 valence electrons. The van der Waals surface area contributed by atoms with Crippen LogP contribution in [0.5, 0.6) is 11.5 Å². The van der Waals surface area contributed by atoms with Crippen LogP contribution in [0.25, 0.3) is 0 Å². The lowest BCUT2D eigenvalue weighted by molar-refractivity contribution is -0.138. The van der Waals surface area contributed by atoms with Crippen LogP contribution in [0.4, 0.5) is 0 Å². The van der Waals surface area contributed by atoms with Gasteiger partial charge in [0, 0.05) is 31.6 Å². The van der Waals surface area contributed by atoms with E-state index in [0.717, 1.165) is 4.90 Å². The summed E-state index contributed by atoms with van der Waals surface area (Å²) in [7, 11) is -2.78. The molecule has 1 saturated heterocycles. The Morgan fingerprint density at radius 3 is 3.41 bits per heavy atom. The van der Waals surface area contributed by atoms with E-state index in [2.05, 4.69) is 0 Å². The second kappa shape index (κ2) is 4.05. The topological polar surface area (TPSA) is 38.8 Å². The van der Waals surface area contributed by atoms with Crippen molar-refractivity contribution >= 4 is 5.78 Å². The van der Waals surface area contributed by atoms with Gasteiger partial charge in [-0.15, -0.1) is 0 Å². The lowest BCUT2D eigenvalue weighted by atomic mass is 9.52. The second-order valence-corrected chi connectivity index (χ2v) is 6.43. The highest BCUT2D eigenvalue weighted by molar-refractivity contribution is 5.89. The molecule has 5 rings (SSSR count). The maximum absolute atomic E-state index is 12.9. The Bertz CT molecular complexity index is 991. The smallest absolute Gasteiger partial charge is 0.174 e. The number of hydrogen-bond donors (Lipinski definition) is 0. The third-order valence-corrected chi connectivity index (χ3v) is 5.63. The average Bonchev–Trinajstić information content (AvgIpc) is 2.95. The maximum Gasteiger partial charge on any atom is 0.174 e. The zero-order chi connectivity index (χ0) is 22.8. The van der Waals surface area contributed by atoms with Crippen LogP contribution in [0.15, 0.2) is 12.1 Å². The summed E-state index contributed by atoms with van der Waals surface area (Å²) in [5.74, 6) is -1.14. The number of carbonyl (C=O) groups excluding carboxylic acids is 1. The van der Waals surface area contributed by atoms with Crippen molar-refractivity contribution in [1.29, 1.82) is 0 Å². The summed E-state index contributed by atoms with van der Waals surface area (Å²) in [5, 5.41) is 0. The average molecular weight is 308 g/mol. The van der Waals surface area contributed by atoms with Crippen molar-refractivity contribution in [3.63, 3.8) is 0 Å². The molecule has 0 N–H and O–H groups in total. The molecule has 2 bridgehead atoms. The molecule has 4 aliphatic rings. The number of benzene rings is 1. The van der Waals surface area contributed by atoms with Crippen molar-refractivity contribution < 1.29 is 26.6 Å². The lowest BCUT2D eigenvalue weighted by Crippen LogP contribution is -2.65. The SMILES string of the molecule is [2H]C([2H])([2H])Oc1ccc2c3c1OC1C(=O)CC[C@@H]4[C@@]31CCN(C([2H])([2H])[2H])[C@]4([2H])C2([2H])[2H]. The van der Waals surface area contributed by atoms with Crippen LogP contribution in [0, 0.1) is 5.92 Å². The van der Waals surface area contributed by atoms with E-state index in [4.69, 9.17) is 20.4 Å². The molecular weight excluding hydrogens is 278 g/mol. The van der Waals surface area contributed by atoms with Crippen LogP contribution in [-0.4, -0.2) is 43.4 Å². The zero-order valence-electron chi connectivity index (χ0n) is 20.8. The predicted octanol–water partition coefficient (Wildman–Crippen LogP) is 1.93. The van der Waals surface area contributed by atoms with Gasteiger partial charge >= 0.3 is 0 Å². The normalized spacial score (nSPS) is 51.3. The van der Waals surface area contributed by atoms with Crippen molar-refractivity contribution in [2.24, 2.45) is 5.92 Å². The van der Waals surface area contributed by atoms with Gasteiger partial charge in [0.1, 0.15) is 0 Å². The third kappa shape index (κ3) is 1.27. The number of methoxy groups -OCH3 is 1. The van der Waals surface area contributed by atoms with Crippen molar-refractivity contribution in [2.45, 2.75) is 43.2 Å². The van der Waals surface area contributed by atoms with E-state index in [9.17, 15) is 6.17 Å². The molecular formula is C18H21NO3. The number of Topliss-reactive ketones (excluding diaryl/α,β-unsaturated/α-hetero) is 1. The van der Waals surface area contributed by atoms with E-state index in [1.807, 2.05) is 0 Å². The predicted molar refractivity (Wildman–Crippen MR) is 81.6 cm³/mol. The van der Waals surface area contributed by atoms with Crippen molar-refractivity contribution in [2.75, 3.05) is 20.6 Å². The van der Waals surface area contributed by atoms with Crippen molar-refractivity contribution in [1.82, 2.24) is 4.90 Å². The first kappa shape index (κ1) is 6.91. The van der Waals surface area contributed by atoms with Crippen LogP contribution < -0.4 is 9.47 Å². The van der Waals surface area contributed by atoms with Crippen molar-refractivity contribution in [3.8, 4) is 11.5 Å². The van der Waals surface area contributed by atoms with Gasteiger partial charge in [-0.3, -0.25) is 4.79 Å². The number of ketones is 1. The fourth-order valence-corrected chi connectivity index (χ4v) is 4.78. The van der Waals surface area contributed by atoms with Gasteiger partial charge in [-0.2, -0.15) is 0 Å². The molecule has 4 atom stereocenters. The number of likely N-dealkylation sites (tertiary alicyclic amines) is 1. The Morgan fingerprint density at radius 2 is 2.55 bits per heavy atom. The first-order valence-corrected chi connectivity index (χ1v) is 7.50. The minimum Gasteiger partial charge on any atom is -0.493 e. The van der Waals surface area contributed by atoms with Gasteiger partial charge in [0.05, 0.1) is 11.2 Å². The van der Waals surface area contributed by atoms with Crippen LogP contribution >= 0.6 is 0 Å². The molecule has 0 amide bonds. The molecule has 22 heavy (non-hydrogen) atoms. The standard InChI is InChI=1S/C18H21NO3/c1-19-8-7-18-11-4-5-13(20)17(18)22-16-14(21-2)6-3-10(15(16)18)9-12(11)19/h3,6,11-12,17H,4-5,7-9H2,1-2H3/t11-,12+,17?,18-/m0/s1/i1D3,2D3,9D2,12D. The Kier molecular flexibility index (Phi) is 1.27. The molecule has 4 nitrogen and oxygen atoms in total. The first-order chi connectivity index (χ1) is 14.2. The summed E-state index contributed by atoms with van der Waals surface area (Å²) >= 11 is 0. The van der Waals surface area contributed by atoms with E-state index in [1.165, 1.54) is 12.1 Å². The quantitative estimate of drug-likeness (QED) is 0.795. The highest BCUT2D eigenvalue weighted by Gasteiger charge is 2.65. The second-order valence-electron chi connectivity index (χ2n) is 6.43. The van der Waals surface area contributed by atoms with Gasteiger partial charge in [-0.05, 0) is 50.3 Å². The van der Waals surface area contributed by atoms with Gasteiger partial charge in [-0.1, -0.05) is 6.07 Å². The molecule has 0 radical (unpaired) electrons. The summed E-state index contributed by atoms with van der Waals surface area (Å²) in [5.41, 5.74) is -0.684. The highest BCUT2D eigenvalue weighted by Crippen LogP contribution is 2.62. The van der Waals surface area contributed by atoms with Gasteiger partial charge in [-0.25, -0.2) is 0 Å².